The lowest BCUT2D eigenvalue weighted by Gasteiger charge is -2.07. The lowest BCUT2D eigenvalue weighted by Crippen LogP contribution is -1.99. The number of benzene rings is 1. The van der Waals surface area contributed by atoms with E-state index in [-0.39, 0.29) is 7.43 Å². The average molecular weight is 266 g/mol. The zero-order valence-electron chi connectivity index (χ0n) is 11.1. The number of carbonyl (C=O) groups is 1. The third kappa shape index (κ3) is 8.25. The molecule has 0 saturated heterocycles. The summed E-state index contributed by atoms with van der Waals surface area (Å²) in [5, 5.41) is 0. The van der Waals surface area contributed by atoms with Crippen molar-refractivity contribution in [2.75, 3.05) is 13.2 Å². The maximum atomic E-state index is 10.1. The van der Waals surface area contributed by atoms with Crippen LogP contribution in [0.1, 0.15) is 46.5 Å². The van der Waals surface area contributed by atoms with E-state index in [0.717, 1.165) is 30.8 Å². The average Bonchev–Trinajstić information content (AvgIpc) is 2.40. The van der Waals surface area contributed by atoms with Gasteiger partial charge in [-0.15, -0.1) is 0 Å². The molecule has 19 heavy (non-hydrogen) atoms. The van der Waals surface area contributed by atoms with E-state index in [0.29, 0.717) is 13.0 Å². The molecule has 0 N–H and O–H groups in total. The third-order valence-corrected chi connectivity index (χ3v) is 2.59. The Balaban J connectivity index is 0.00000324. The minimum atomic E-state index is 0. The third-order valence-electron chi connectivity index (χ3n) is 2.59. The van der Waals surface area contributed by atoms with Gasteiger partial charge < -0.3 is 14.3 Å². The Kier molecular flexibility index (Phi) is 10.7. The lowest BCUT2D eigenvalue weighted by atomic mass is 10.2. The highest BCUT2D eigenvalue weighted by Gasteiger charge is 1.96. The Morgan fingerprint density at radius 1 is 0.947 bits per heavy atom. The summed E-state index contributed by atoms with van der Waals surface area (Å²) in [6.07, 6.45) is 6.12. The molecule has 0 atom stereocenters. The Morgan fingerprint density at radius 3 is 2.05 bits per heavy atom. The van der Waals surface area contributed by atoms with Gasteiger partial charge in [-0.2, -0.15) is 0 Å². The molecule has 0 fully saturated rings. The molecule has 1 aromatic rings. The number of carbonyl (C=O) groups excluding carboxylic acids is 1. The first-order chi connectivity index (χ1) is 8.86. The molecule has 0 amide bonds. The van der Waals surface area contributed by atoms with E-state index in [1.54, 1.807) is 0 Å². The quantitative estimate of drug-likeness (QED) is 0.469. The summed E-state index contributed by atoms with van der Waals surface area (Å²) in [6, 6.07) is 7.53. The van der Waals surface area contributed by atoms with Crippen molar-refractivity contribution < 1.29 is 14.3 Å². The maximum absolute atomic E-state index is 10.1. The second kappa shape index (κ2) is 11.6. The van der Waals surface area contributed by atoms with Crippen molar-refractivity contribution in [2.24, 2.45) is 0 Å². The smallest absolute Gasteiger partial charge is 0.123 e. The van der Waals surface area contributed by atoms with Crippen LogP contribution in [-0.4, -0.2) is 19.5 Å². The molecule has 1 aromatic carbocycles. The number of hydrogen-bond acceptors (Lipinski definition) is 3. The summed E-state index contributed by atoms with van der Waals surface area (Å²) in [5.41, 5.74) is 0. The fourth-order valence-electron chi connectivity index (χ4n) is 1.58. The summed E-state index contributed by atoms with van der Waals surface area (Å²) in [7, 11) is 0. The first-order valence-electron chi connectivity index (χ1n) is 6.66. The Labute approximate surface area is 116 Å². The van der Waals surface area contributed by atoms with Gasteiger partial charge in [0.15, 0.2) is 0 Å². The van der Waals surface area contributed by atoms with Crippen molar-refractivity contribution in [3.05, 3.63) is 24.3 Å². The summed E-state index contributed by atoms with van der Waals surface area (Å²) in [6.45, 7) is 3.40. The summed E-state index contributed by atoms with van der Waals surface area (Å²) >= 11 is 0. The fourth-order valence-corrected chi connectivity index (χ4v) is 1.58. The van der Waals surface area contributed by atoms with Crippen molar-refractivity contribution in [1.29, 1.82) is 0 Å². The molecule has 1 rings (SSSR count). The van der Waals surface area contributed by atoms with Crippen LogP contribution >= 0.6 is 0 Å². The van der Waals surface area contributed by atoms with Gasteiger partial charge >= 0.3 is 0 Å². The first kappa shape index (κ1) is 17.5. The van der Waals surface area contributed by atoms with E-state index in [9.17, 15) is 4.79 Å². The number of hydrogen-bond donors (Lipinski definition) is 0. The lowest BCUT2D eigenvalue weighted by molar-refractivity contribution is -0.108. The SMILES string of the molecule is C.CCCCCCOc1ccc(OCCC=O)cc1. The van der Waals surface area contributed by atoms with Crippen LogP contribution in [0.4, 0.5) is 0 Å². The van der Waals surface area contributed by atoms with Crippen LogP contribution in [0.5, 0.6) is 11.5 Å². The molecular weight excluding hydrogens is 240 g/mol. The van der Waals surface area contributed by atoms with E-state index >= 15 is 0 Å². The normalized spacial score (nSPS) is 9.53. The number of aldehydes is 1. The largest absolute Gasteiger partial charge is 0.494 e. The Morgan fingerprint density at radius 2 is 1.53 bits per heavy atom. The second-order valence-electron chi connectivity index (χ2n) is 4.18. The molecular formula is C16H26O3. The molecule has 0 bridgehead atoms. The molecule has 108 valence electrons. The highest BCUT2D eigenvalue weighted by Crippen LogP contribution is 2.18. The molecule has 0 spiro atoms. The summed E-state index contributed by atoms with van der Waals surface area (Å²) < 4.78 is 11.0. The van der Waals surface area contributed by atoms with Gasteiger partial charge in [0.05, 0.1) is 13.2 Å². The van der Waals surface area contributed by atoms with E-state index in [1.165, 1.54) is 19.3 Å². The van der Waals surface area contributed by atoms with Gasteiger partial charge in [-0.05, 0) is 30.7 Å². The van der Waals surface area contributed by atoms with E-state index in [4.69, 9.17) is 9.47 Å². The van der Waals surface area contributed by atoms with Crippen molar-refractivity contribution in [3.63, 3.8) is 0 Å². The first-order valence-corrected chi connectivity index (χ1v) is 6.66. The van der Waals surface area contributed by atoms with Gasteiger partial charge in [0.1, 0.15) is 17.8 Å². The van der Waals surface area contributed by atoms with Crippen molar-refractivity contribution in [3.8, 4) is 11.5 Å². The fraction of sp³-hybridized carbons (Fsp3) is 0.562. The molecule has 0 aliphatic carbocycles. The van der Waals surface area contributed by atoms with Crippen molar-refractivity contribution in [2.45, 2.75) is 46.5 Å². The Bertz CT molecular complexity index is 319. The van der Waals surface area contributed by atoms with Crippen molar-refractivity contribution in [1.82, 2.24) is 0 Å². The van der Waals surface area contributed by atoms with Crippen LogP contribution < -0.4 is 9.47 Å². The number of unbranched alkanes of at least 4 members (excludes halogenated alkanes) is 3. The zero-order valence-corrected chi connectivity index (χ0v) is 11.1. The summed E-state index contributed by atoms with van der Waals surface area (Å²) in [5.74, 6) is 1.64. The van der Waals surface area contributed by atoms with Gasteiger partial charge in [-0.3, -0.25) is 0 Å². The van der Waals surface area contributed by atoms with Gasteiger partial charge in [0, 0.05) is 6.42 Å². The summed E-state index contributed by atoms with van der Waals surface area (Å²) in [4.78, 5) is 10.1. The molecule has 0 aromatic heterocycles. The molecule has 0 aliphatic heterocycles. The van der Waals surface area contributed by atoms with Crippen LogP contribution in [0.3, 0.4) is 0 Å². The molecule has 3 heteroatoms. The van der Waals surface area contributed by atoms with Crippen LogP contribution in [-0.2, 0) is 4.79 Å². The van der Waals surface area contributed by atoms with E-state index in [1.807, 2.05) is 24.3 Å². The molecule has 0 heterocycles. The van der Waals surface area contributed by atoms with Gasteiger partial charge in [0.2, 0.25) is 0 Å². The molecule has 0 unspecified atom stereocenters. The monoisotopic (exact) mass is 266 g/mol. The maximum Gasteiger partial charge on any atom is 0.123 e. The van der Waals surface area contributed by atoms with Gasteiger partial charge in [-0.1, -0.05) is 33.6 Å². The highest BCUT2D eigenvalue weighted by atomic mass is 16.5. The number of rotatable bonds is 10. The molecule has 3 nitrogen and oxygen atoms in total. The molecule has 0 radical (unpaired) electrons. The van der Waals surface area contributed by atoms with Crippen LogP contribution in [0.15, 0.2) is 24.3 Å². The van der Waals surface area contributed by atoms with E-state index in [2.05, 4.69) is 6.92 Å². The minimum Gasteiger partial charge on any atom is -0.494 e. The zero-order chi connectivity index (χ0) is 13.1. The highest BCUT2D eigenvalue weighted by molar-refractivity contribution is 5.49. The van der Waals surface area contributed by atoms with E-state index < -0.39 is 0 Å². The minimum absolute atomic E-state index is 0. The molecule has 0 saturated carbocycles. The topological polar surface area (TPSA) is 35.5 Å². The van der Waals surface area contributed by atoms with Crippen LogP contribution in [0.25, 0.3) is 0 Å². The predicted octanol–water partition coefficient (Wildman–Crippen LogP) is 4.25. The molecule has 0 aliphatic rings. The number of ether oxygens (including phenoxy) is 2. The Hall–Kier alpha value is -1.51. The van der Waals surface area contributed by atoms with Gasteiger partial charge in [-0.25, -0.2) is 0 Å². The van der Waals surface area contributed by atoms with Crippen LogP contribution in [0.2, 0.25) is 0 Å². The standard InChI is InChI=1S/C15H22O3.CH4/c1-2-3-4-5-12-17-14-7-9-15(10-8-14)18-13-6-11-16;/h7-11H,2-6,12-13H2,1H3;1H4. The van der Waals surface area contributed by atoms with Crippen molar-refractivity contribution >= 4 is 6.29 Å². The second-order valence-corrected chi connectivity index (χ2v) is 4.18. The van der Waals surface area contributed by atoms with Crippen LogP contribution in [0, 0.1) is 0 Å². The predicted molar refractivity (Wildman–Crippen MR) is 79.0 cm³/mol. The van der Waals surface area contributed by atoms with Gasteiger partial charge in [0.25, 0.3) is 0 Å².